The number of carbonyl (C=O) groups is 2. The topological polar surface area (TPSA) is 101 Å². The summed E-state index contributed by atoms with van der Waals surface area (Å²) < 4.78 is 0. The molecule has 1 rings (SSSR count). The molecule has 92 valence electrons. The first-order valence-corrected chi connectivity index (χ1v) is 5.71. The monoisotopic (exact) mass is 277 g/mol. The maximum atomic E-state index is 10.9. The second-order valence-electron chi connectivity index (χ2n) is 2.67. The van der Waals surface area contributed by atoms with Gasteiger partial charge in [0.25, 0.3) is 0 Å². The summed E-state index contributed by atoms with van der Waals surface area (Å²) in [5, 5.41) is 15.9. The molecule has 0 unspecified atom stereocenters. The summed E-state index contributed by atoms with van der Waals surface area (Å²) in [5.74, 6) is -1.69. The smallest absolute Gasteiger partial charge is 0.350 e. The molecule has 0 saturated carbocycles. The fourth-order valence-corrected chi connectivity index (χ4v) is 1.55. The molecule has 0 aliphatic carbocycles. The molecule has 1 amide bonds. The highest BCUT2D eigenvalue weighted by Crippen LogP contribution is 2.15. The number of nitrogens with one attached hydrogen (secondary N) is 1. The van der Waals surface area contributed by atoms with E-state index >= 15 is 0 Å². The molecular formula is C8H8ClN3O4S. The van der Waals surface area contributed by atoms with Gasteiger partial charge < -0.3 is 15.3 Å². The Hall–Kier alpha value is -1.67. The van der Waals surface area contributed by atoms with Gasteiger partial charge in [-0.25, -0.2) is 9.78 Å². The first kappa shape index (κ1) is 13.4. The number of halogens is 1. The van der Waals surface area contributed by atoms with E-state index in [1.807, 2.05) is 0 Å². The van der Waals surface area contributed by atoms with E-state index < -0.39 is 5.97 Å². The average molecular weight is 278 g/mol. The first-order valence-electron chi connectivity index (χ1n) is 4.30. The number of carboxylic acid groups (broad SMARTS) is 1. The zero-order valence-corrected chi connectivity index (χ0v) is 9.99. The highest BCUT2D eigenvalue weighted by atomic mass is 35.5. The summed E-state index contributed by atoms with van der Waals surface area (Å²) in [6, 6.07) is 0. The van der Waals surface area contributed by atoms with E-state index in [1.54, 1.807) is 5.38 Å². The van der Waals surface area contributed by atoms with Crippen molar-refractivity contribution in [1.29, 1.82) is 0 Å². The predicted molar refractivity (Wildman–Crippen MR) is 62.4 cm³/mol. The van der Waals surface area contributed by atoms with Crippen molar-refractivity contribution in [1.82, 2.24) is 4.98 Å². The summed E-state index contributed by atoms with van der Waals surface area (Å²) in [4.78, 5) is 29.7. The van der Waals surface area contributed by atoms with E-state index in [1.165, 1.54) is 11.3 Å². The van der Waals surface area contributed by atoms with Gasteiger partial charge in [-0.3, -0.25) is 4.79 Å². The van der Waals surface area contributed by atoms with Gasteiger partial charge in [-0.05, 0) is 0 Å². The van der Waals surface area contributed by atoms with Gasteiger partial charge in [-0.15, -0.1) is 22.9 Å². The van der Waals surface area contributed by atoms with Gasteiger partial charge in [-0.2, -0.15) is 0 Å². The van der Waals surface area contributed by atoms with Crippen LogP contribution in [0.5, 0.6) is 0 Å². The minimum atomic E-state index is -1.20. The summed E-state index contributed by atoms with van der Waals surface area (Å²) in [7, 11) is 0. The second kappa shape index (κ2) is 6.81. The molecular weight excluding hydrogens is 270 g/mol. The summed E-state index contributed by atoms with van der Waals surface area (Å²) in [5.41, 5.74) is 0.530. The summed E-state index contributed by atoms with van der Waals surface area (Å²) >= 11 is 6.51. The maximum Gasteiger partial charge on any atom is 0.350 e. The fraction of sp³-hybridized carbons (Fsp3) is 0.250. The largest absolute Gasteiger partial charge is 0.477 e. The third-order valence-electron chi connectivity index (χ3n) is 1.37. The molecule has 9 heteroatoms. The van der Waals surface area contributed by atoms with Gasteiger partial charge in [0.05, 0.1) is 5.69 Å². The minimum absolute atomic E-state index is 0.0248. The predicted octanol–water partition coefficient (Wildman–Crippen LogP) is 0.907. The Kier molecular flexibility index (Phi) is 5.37. The lowest BCUT2D eigenvalue weighted by Gasteiger charge is -1.96. The van der Waals surface area contributed by atoms with E-state index in [0.29, 0.717) is 17.0 Å². The van der Waals surface area contributed by atoms with Crippen LogP contribution >= 0.6 is 22.9 Å². The number of aliphatic carboxylic acids is 1. The number of aromatic nitrogens is 1. The van der Waals surface area contributed by atoms with Crippen molar-refractivity contribution in [2.75, 3.05) is 11.2 Å². The number of oxime groups is 1. The quantitative estimate of drug-likeness (QED) is 0.457. The van der Waals surface area contributed by atoms with Crippen LogP contribution in [0.4, 0.5) is 5.13 Å². The Morgan fingerprint density at radius 2 is 2.47 bits per heavy atom. The highest BCUT2D eigenvalue weighted by Gasteiger charge is 2.05. The van der Waals surface area contributed by atoms with Crippen molar-refractivity contribution in [2.24, 2.45) is 5.16 Å². The first-order chi connectivity index (χ1) is 8.11. The highest BCUT2D eigenvalue weighted by molar-refractivity contribution is 7.13. The number of hydrogen-bond donors (Lipinski definition) is 2. The number of nitrogens with zero attached hydrogens (tertiary/aromatic N) is 2. The molecule has 1 aromatic heterocycles. The van der Waals surface area contributed by atoms with E-state index in [2.05, 4.69) is 20.3 Å². The number of rotatable bonds is 6. The van der Waals surface area contributed by atoms with Crippen LogP contribution in [0, 0.1) is 0 Å². The number of hydrogen-bond acceptors (Lipinski definition) is 6. The number of carboxylic acids is 1. The van der Waals surface area contributed by atoms with Crippen LogP contribution in [0.1, 0.15) is 5.69 Å². The Morgan fingerprint density at radius 1 is 1.71 bits per heavy atom. The van der Waals surface area contributed by atoms with Gasteiger partial charge in [-0.1, -0.05) is 5.16 Å². The number of thiazole rings is 1. The zero-order chi connectivity index (χ0) is 12.7. The fourth-order valence-electron chi connectivity index (χ4n) is 0.769. The molecule has 0 bridgehead atoms. The third-order valence-corrected chi connectivity index (χ3v) is 2.42. The van der Waals surface area contributed by atoms with Crippen molar-refractivity contribution in [3.63, 3.8) is 0 Å². The summed E-state index contributed by atoms with van der Waals surface area (Å²) in [6.45, 7) is 0.0248. The van der Waals surface area contributed by atoms with Crippen LogP contribution in [0.25, 0.3) is 0 Å². The Morgan fingerprint density at radius 3 is 3.12 bits per heavy atom. The number of alkyl halides is 1. The molecule has 0 aliphatic rings. The minimum Gasteiger partial charge on any atom is -0.477 e. The Bertz CT molecular complexity index is 434. The van der Waals surface area contributed by atoms with E-state index in [0.717, 1.165) is 0 Å². The molecule has 1 heterocycles. The van der Waals surface area contributed by atoms with Crippen LogP contribution in [0.3, 0.4) is 0 Å². The van der Waals surface area contributed by atoms with Crippen molar-refractivity contribution < 1.29 is 19.5 Å². The molecule has 2 N–H and O–H groups in total. The molecule has 0 aromatic carbocycles. The normalized spacial score (nSPS) is 10.4. The number of anilines is 1. The van der Waals surface area contributed by atoms with Gasteiger partial charge >= 0.3 is 5.97 Å². The van der Waals surface area contributed by atoms with Crippen molar-refractivity contribution in [3.05, 3.63) is 11.1 Å². The molecule has 0 radical (unpaired) electrons. The Balaban J connectivity index is 2.40. The zero-order valence-electron chi connectivity index (χ0n) is 8.42. The van der Waals surface area contributed by atoms with E-state index in [-0.39, 0.29) is 18.4 Å². The lowest BCUT2D eigenvalue weighted by molar-refractivity contribution is -0.129. The van der Waals surface area contributed by atoms with Crippen LogP contribution in [-0.2, 0) is 21.0 Å². The van der Waals surface area contributed by atoms with Gasteiger partial charge in [0.1, 0.15) is 5.88 Å². The maximum absolute atomic E-state index is 10.9. The molecule has 0 aliphatic heterocycles. The third kappa shape index (κ3) is 5.27. The number of amides is 1. The lowest BCUT2D eigenvalue weighted by Crippen LogP contribution is -2.12. The molecule has 0 saturated heterocycles. The van der Waals surface area contributed by atoms with E-state index in [9.17, 15) is 9.59 Å². The SMILES string of the molecule is O=C(O)/C=N\OCc1csc(NC(=O)CCl)n1. The van der Waals surface area contributed by atoms with Gasteiger partial charge in [0.15, 0.2) is 18.0 Å². The molecule has 17 heavy (non-hydrogen) atoms. The van der Waals surface area contributed by atoms with E-state index in [4.69, 9.17) is 16.7 Å². The average Bonchev–Trinajstić information content (AvgIpc) is 2.72. The Labute approximate surface area is 105 Å². The number of carbonyl (C=O) groups excluding carboxylic acids is 1. The van der Waals surface area contributed by atoms with Crippen molar-refractivity contribution in [2.45, 2.75) is 6.61 Å². The van der Waals surface area contributed by atoms with Crippen molar-refractivity contribution >= 4 is 46.2 Å². The van der Waals surface area contributed by atoms with Crippen LogP contribution in [0.2, 0.25) is 0 Å². The summed E-state index contributed by atoms with van der Waals surface area (Å²) in [6.07, 6.45) is 0.628. The molecule has 7 nitrogen and oxygen atoms in total. The second-order valence-corrected chi connectivity index (χ2v) is 3.80. The molecule has 0 spiro atoms. The molecule has 0 fully saturated rings. The van der Waals surface area contributed by atoms with Gasteiger partial charge in [0, 0.05) is 5.38 Å². The lowest BCUT2D eigenvalue weighted by atomic mass is 10.5. The van der Waals surface area contributed by atoms with Gasteiger partial charge in [0.2, 0.25) is 5.91 Å². The van der Waals surface area contributed by atoms with Crippen LogP contribution in [-0.4, -0.2) is 34.1 Å². The molecule has 1 aromatic rings. The van der Waals surface area contributed by atoms with Crippen LogP contribution in [0.15, 0.2) is 10.5 Å². The standard InChI is InChI=1S/C8H8ClN3O4S/c9-1-6(13)12-8-11-5(4-17-8)3-16-10-2-7(14)15/h2,4H,1,3H2,(H,14,15)(H,11,12,13)/b10-2-. The van der Waals surface area contributed by atoms with Crippen molar-refractivity contribution in [3.8, 4) is 0 Å². The van der Waals surface area contributed by atoms with Crippen LogP contribution < -0.4 is 5.32 Å². The molecule has 0 atom stereocenters.